The Labute approximate surface area is 151 Å². The van der Waals surface area contributed by atoms with Crippen LogP contribution in [0.2, 0.25) is 0 Å². The number of quaternary nitrogens is 1. The minimum Gasteiger partial charge on any atom is -0.492 e. The number of nitrogens with zero attached hydrogens (tertiary/aromatic N) is 3. The fourth-order valence-electron chi connectivity index (χ4n) is 3.75. The molecule has 4 rings (SSSR count). The van der Waals surface area contributed by atoms with Crippen molar-refractivity contribution >= 4 is 16.3 Å². The molecule has 3 aromatic rings. The summed E-state index contributed by atoms with van der Waals surface area (Å²) in [6, 6.07) is 8.88. The Bertz CT molecular complexity index is 862. The summed E-state index contributed by atoms with van der Waals surface area (Å²) in [7, 11) is 0. The van der Waals surface area contributed by atoms with Crippen LogP contribution in [0.1, 0.15) is 54.1 Å². The zero-order valence-corrected chi connectivity index (χ0v) is 15.6. The van der Waals surface area contributed by atoms with Crippen molar-refractivity contribution in [1.29, 1.82) is 0 Å². The third kappa shape index (κ3) is 3.04. The molecular weight excluding hydrogens is 332 g/mol. The van der Waals surface area contributed by atoms with Crippen molar-refractivity contribution in [2.45, 2.75) is 45.6 Å². The molecule has 3 heterocycles. The summed E-state index contributed by atoms with van der Waals surface area (Å²) < 4.78 is 1.61. The van der Waals surface area contributed by atoms with Gasteiger partial charge in [0.1, 0.15) is 4.88 Å². The fraction of sp³-hybridized carbons (Fsp3) is 0.474. The maximum Gasteiger partial charge on any atom is 0.235 e. The molecule has 0 bridgehead atoms. The van der Waals surface area contributed by atoms with Crippen LogP contribution < -0.4 is 4.90 Å². The van der Waals surface area contributed by atoms with Crippen LogP contribution in [0.25, 0.3) is 4.96 Å². The van der Waals surface area contributed by atoms with Crippen molar-refractivity contribution in [3.05, 3.63) is 46.1 Å². The van der Waals surface area contributed by atoms with Gasteiger partial charge < -0.3 is 10.0 Å². The number of aryl methyl sites for hydroxylation is 2. The molecule has 2 N–H and O–H groups in total. The average Bonchev–Trinajstić information content (AvgIpc) is 3.18. The molecule has 0 radical (unpaired) electrons. The van der Waals surface area contributed by atoms with Gasteiger partial charge in [0, 0.05) is 12.0 Å². The van der Waals surface area contributed by atoms with Crippen molar-refractivity contribution < 1.29 is 10.0 Å². The first-order valence-corrected chi connectivity index (χ1v) is 9.97. The highest BCUT2D eigenvalue weighted by Gasteiger charge is 2.33. The standard InChI is InChI=1S/C19H24N4OS/c1-3-15-20-19-23(21-15)18(24)17(25-19)16(22-11-5-4-6-12-22)14-9-7-13(2)8-10-14/h7-10,16,24H,3-6,11-12H2,1-2H3/p+1/t16-/m1/s1. The molecule has 1 aromatic carbocycles. The lowest BCUT2D eigenvalue weighted by molar-refractivity contribution is -0.929. The molecule has 1 aliphatic rings. The van der Waals surface area contributed by atoms with Gasteiger partial charge in [0.15, 0.2) is 11.9 Å². The molecule has 0 amide bonds. The van der Waals surface area contributed by atoms with Crippen LogP contribution >= 0.6 is 11.3 Å². The number of piperidine rings is 1. The number of rotatable bonds is 4. The highest BCUT2D eigenvalue weighted by Crippen LogP contribution is 2.35. The largest absolute Gasteiger partial charge is 0.492 e. The number of aromatic nitrogens is 3. The number of nitrogens with one attached hydrogen (secondary N) is 1. The molecule has 132 valence electrons. The van der Waals surface area contributed by atoms with E-state index in [-0.39, 0.29) is 11.9 Å². The van der Waals surface area contributed by atoms with Gasteiger partial charge >= 0.3 is 0 Å². The van der Waals surface area contributed by atoms with E-state index in [1.54, 1.807) is 15.9 Å². The fourth-order valence-corrected chi connectivity index (χ4v) is 4.91. The molecular formula is C19H25N4OS+. The van der Waals surface area contributed by atoms with Gasteiger partial charge in [-0.15, -0.1) is 5.10 Å². The van der Waals surface area contributed by atoms with Crippen LogP contribution in [-0.4, -0.2) is 32.8 Å². The molecule has 2 aromatic heterocycles. The average molecular weight is 358 g/mol. The van der Waals surface area contributed by atoms with E-state index in [2.05, 4.69) is 41.3 Å². The lowest BCUT2D eigenvalue weighted by atomic mass is 9.99. The summed E-state index contributed by atoms with van der Waals surface area (Å²) in [5.41, 5.74) is 2.52. The summed E-state index contributed by atoms with van der Waals surface area (Å²) in [6.45, 7) is 6.43. The molecule has 0 saturated carbocycles. The molecule has 0 aliphatic carbocycles. The predicted molar refractivity (Wildman–Crippen MR) is 99.5 cm³/mol. The van der Waals surface area contributed by atoms with Crippen LogP contribution in [0.15, 0.2) is 24.3 Å². The van der Waals surface area contributed by atoms with E-state index in [0.29, 0.717) is 0 Å². The predicted octanol–water partition coefficient (Wildman–Crippen LogP) is 2.53. The number of aromatic hydroxyl groups is 1. The second-order valence-electron chi connectivity index (χ2n) is 6.93. The smallest absolute Gasteiger partial charge is 0.235 e. The van der Waals surface area contributed by atoms with Gasteiger partial charge in [-0.05, 0) is 26.2 Å². The topological polar surface area (TPSA) is 54.9 Å². The summed E-state index contributed by atoms with van der Waals surface area (Å²) in [5.74, 6) is 1.04. The summed E-state index contributed by atoms with van der Waals surface area (Å²) in [6.07, 6.45) is 4.59. The van der Waals surface area contributed by atoms with Gasteiger partial charge in [-0.3, -0.25) is 0 Å². The maximum atomic E-state index is 10.9. The van der Waals surface area contributed by atoms with E-state index < -0.39 is 0 Å². The molecule has 25 heavy (non-hydrogen) atoms. The van der Waals surface area contributed by atoms with Gasteiger partial charge in [-0.2, -0.15) is 4.52 Å². The highest BCUT2D eigenvalue weighted by atomic mass is 32.1. The monoisotopic (exact) mass is 357 g/mol. The van der Waals surface area contributed by atoms with Crippen molar-refractivity contribution in [2.24, 2.45) is 0 Å². The number of likely N-dealkylation sites (tertiary alicyclic amines) is 1. The Morgan fingerprint density at radius 2 is 1.92 bits per heavy atom. The van der Waals surface area contributed by atoms with Crippen molar-refractivity contribution in [3.8, 4) is 5.88 Å². The molecule has 5 nitrogen and oxygen atoms in total. The van der Waals surface area contributed by atoms with E-state index in [4.69, 9.17) is 0 Å². The van der Waals surface area contributed by atoms with Gasteiger partial charge in [0.05, 0.1) is 13.1 Å². The van der Waals surface area contributed by atoms with Gasteiger partial charge in [-0.1, -0.05) is 48.1 Å². The maximum absolute atomic E-state index is 10.9. The Hall–Kier alpha value is -1.92. The van der Waals surface area contributed by atoms with Crippen LogP contribution in [0, 0.1) is 6.92 Å². The van der Waals surface area contributed by atoms with Crippen LogP contribution in [0.4, 0.5) is 0 Å². The van der Waals surface area contributed by atoms with E-state index in [1.165, 1.54) is 35.3 Å². The molecule has 1 saturated heterocycles. The quantitative estimate of drug-likeness (QED) is 0.754. The summed E-state index contributed by atoms with van der Waals surface area (Å²) >= 11 is 1.58. The van der Waals surface area contributed by atoms with Crippen molar-refractivity contribution in [1.82, 2.24) is 14.6 Å². The van der Waals surface area contributed by atoms with E-state index in [1.807, 2.05) is 6.92 Å². The lowest BCUT2D eigenvalue weighted by Gasteiger charge is -2.31. The Morgan fingerprint density at radius 1 is 1.20 bits per heavy atom. The van der Waals surface area contributed by atoms with Gasteiger partial charge in [0.2, 0.25) is 10.8 Å². The Morgan fingerprint density at radius 3 is 2.56 bits per heavy atom. The first-order chi connectivity index (χ1) is 12.2. The molecule has 6 heteroatoms. The molecule has 1 atom stereocenters. The lowest BCUT2D eigenvalue weighted by Crippen LogP contribution is -3.13. The number of benzene rings is 1. The number of thiazole rings is 1. The molecule has 1 aliphatic heterocycles. The van der Waals surface area contributed by atoms with Crippen molar-refractivity contribution in [2.75, 3.05) is 13.1 Å². The van der Waals surface area contributed by atoms with E-state index in [9.17, 15) is 5.11 Å². The normalized spacial score (nSPS) is 17.2. The van der Waals surface area contributed by atoms with E-state index >= 15 is 0 Å². The number of hydrogen-bond donors (Lipinski definition) is 2. The summed E-state index contributed by atoms with van der Waals surface area (Å²) in [4.78, 5) is 7.86. The summed E-state index contributed by atoms with van der Waals surface area (Å²) in [5, 5.41) is 15.3. The second kappa shape index (κ2) is 6.77. The minimum atomic E-state index is 0.152. The molecule has 0 spiro atoms. The molecule has 1 fully saturated rings. The Kier molecular flexibility index (Phi) is 4.48. The third-order valence-electron chi connectivity index (χ3n) is 5.14. The van der Waals surface area contributed by atoms with Gasteiger partial charge in [0.25, 0.3) is 0 Å². The first kappa shape index (κ1) is 16.5. The highest BCUT2D eigenvalue weighted by molar-refractivity contribution is 7.17. The van der Waals surface area contributed by atoms with Crippen LogP contribution in [0.5, 0.6) is 5.88 Å². The zero-order valence-electron chi connectivity index (χ0n) is 14.8. The minimum absolute atomic E-state index is 0.152. The second-order valence-corrected chi connectivity index (χ2v) is 7.94. The Balaban J connectivity index is 1.80. The number of fused-ring (bicyclic) bond motifs is 1. The van der Waals surface area contributed by atoms with Crippen molar-refractivity contribution in [3.63, 3.8) is 0 Å². The van der Waals surface area contributed by atoms with E-state index in [0.717, 1.165) is 35.2 Å². The zero-order chi connectivity index (χ0) is 17.4. The third-order valence-corrected chi connectivity index (χ3v) is 6.22. The van der Waals surface area contributed by atoms with Crippen LogP contribution in [0.3, 0.4) is 0 Å². The van der Waals surface area contributed by atoms with Crippen LogP contribution in [-0.2, 0) is 6.42 Å². The first-order valence-electron chi connectivity index (χ1n) is 9.16. The molecule has 0 unspecified atom stereocenters. The number of hydrogen-bond acceptors (Lipinski definition) is 4. The SMILES string of the molecule is CCc1nc2sc([C@@H](c3ccc(C)cc3)[NH+]3CCCCC3)c(O)n2n1. The van der Waals surface area contributed by atoms with Gasteiger partial charge in [-0.25, -0.2) is 4.98 Å².